The van der Waals surface area contributed by atoms with Gasteiger partial charge in [0.15, 0.2) is 0 Å². The number of carbonyl (C=O) groups is 1. The van der Waals surface area contributed by atoms with Gasteiger partial charge < -0.3 is 20.1 Å². The highest BCUT2D eigenvalue weighted by Crippen LogP contribution is 2.72. The minimum absolute atomic E-state index is 0.0476. The Hall–Kier alpha value is -1.66. The lowest BCUT2D eigenvalue weighted by Crippen LogP contribution is -2.68. The van der Waals surface area contributed by atoms with E-state index in [9.17, 15) is 15.0 Å². The molecule has 0 spiro atoms. The molecule has 0 aliphatic heterocycles. The van der Waals surface area contributed by atoms with Crippen LogP contribution < -0.4 is 5.32 Å². The maximum atomic E-state index is 13.5. The Bertz CT molecular complexity index is 1200. The second kappa shape index (κ2) is 9.17. The molecule has 1 amide bonds. The van der Waals surface area contributed by atoms with Crippen LogP contribution >= 0.6 is 0 Å². The molecule has 7 atom stereocenters. The van der Waals surface area contributed by atoms with Crippen molar-refractivity contribution in [3.8, 4) is 0 Å². The first-order valence-corrected chi connectivity index (χ1v) is 15.8. The highest BCUT2D eigenvalue weighted by Gasteiger charge is 2.69. The van der Waals surface area contributed by atoms with Crippen LogP contribution in [0.5, 0.6) is 0 Å². The molecule has 2 fully saturated rings. The van der Waals surface area contributed by atoms with Gasteiger partial charge in [-0.25, -0.2) is 0 Å². The third-order valence-electron chi connectivity index (χ3n) is 13.2. The molecule has 1 heterocycles. The monoisotopic (exact) mass is 554 g/mol. The second-order valence-corrected chi connectivity index (χ2v) is 16.3. The zero-order valence-electron chi connectivity index (χ0n) is 26.5. The fourth-order valence-electron chi connectivity index (χ4n) is 10.0. The molecule has 6 heteroatoms. The molecule has 6 nitrogen and oxygen atoms in total. The summed E-state index contributed by atoms with van der Waals surface area (Å²) in [6.07, 6.45) is 10.2. The van der Waals surface area contributed by atoms with Crippen molar-refractivity contribution in [1.82, 2.24) is 10.5 Å². The van der Waals surface area contributed by atoms with Gasteiger partial charge in [-0.05, 0) is 86.9 Å². The van der Waals surface area contributed by atoms with Gasteiger partial charge in [-0.1, -0.05) is 72.2 Å². The number of hydrogen-bond acceptors (Lipinski definition) is 5. The zero-order valence-corrected chi connectivity index (χ0v) is 26.5. The molecule has 4 aliphatic carbocycles. The first-order chi connectivity index (χ1) is 18.4. The van der Waals surface area contributed by atoms with Crippen LogP contribution in [0.25, 0.3) is 0 Å². The number of nitrogens with one attached hydrogen (secondary N) is 1. The van der Waals surface area contributed by atoms with E-state index in [-0.39, 0.29) is 27.6 Å². The van der Waals surface area contributed by atoms with Gasteiger partial charge in [0.05, 0.1) is 6.20 Å². The summed E-state index contributed by atoms with van der Waals surface area (Å²) >= 11 is 0. The first-order valence-electron chi connectivity index (χ1n) is 15.8. The van der Waals surface area contributed by atoms with E-state index >= 15 is 0 Å². The molecule has 0 unspecified atom stereocenters. The van der Waals surface area contributed by atoms with Crippen LogP contribution in [0.4, 0.5) is 0 Å². The number of aromatic nitrogens is 1. The van der Waals surface area contributed by atoms with Crippen molar-refractivity contribution in [2.24, 2.45) is 33.0 Å². The van der Waals surface area contributed by atoms with E-state index in [2.05, 4.69) is 71.9 Å². The van der Waals surface area contributed by atoms with Crippen molar-refractivity contribution in [1.29, 1.82) is 0 Å². The predicted molar refractivity (Wildman–Crippen MR) is 158 cm³/mol. The van der Waals surface area contributed by atoms with Gasteiger partial charge >= 0.3 is 0 Å². The lowest BCUT2D eigenvalue weighted by atomic mass is 9.36. The lowest BCUT2D eigenvalue weighted by Gasteiger charge is -2.68. The Morgan fingerprint density at radius 2 is 1.65 bits per heavy atom. The highest BCUT2D eigenvalue weighted by molar-refractivity contribution is 5.82. The number of nitrogens with zero attached hydrogens (tertiary/aromatic N) is 1. The molecule has 40 heavy (non-hydrogen) atoms. The smallest absolute Gasteiger partial charge is 0.225 e. The van der Waals surface area contributed by atoms with Crippen molar-refractivity contribution in [2.45, 2.75) is 137 Å². The van der Waals surface area contributed by atoms with Gasteiger partial charge in [0.25, 0.3) is 0 Å². The number of fused-ring (bicyclic) bond motifs is 6. The quantitative estimate of drug-likeness (QED) is 0.363. The minimum atomic E-state index is -1.28. The van der Waals surface area contributed by atoms with Gasteiger partial charge in [0, 0.05) is 28.4 Å². The SMILES string of the molecule is CCNC(=O)[C@@]1(C)CCC(C)(C)CC[C@@]2(O)[C@H](O)C=C3[C@@]4(C)Cc5cnoc5C(C)(C)[C@@H]4CC[C@@]3(C)[C@]2(C)CC1. The van der Waals surface area contributed by atoms with E-state index in [0.717, 1.165) is 49.8 Å². The Labute approximate surface area is 241 Å². The summed E-state index contributed by atoms with van der Waals surface area (Å²) in [4.78, 5) is 13.5. The van der Waals surface area contributed by atoms with Gasteiger partial charge in [-0.15, -0.1) is 0 Å². The standard InChI is InChI=1S/C34H54N2O4/c1-10-35-27(38)30(6)15-13-28(2,3)14-18-34(39)25(37)19-24-31(7)20-22-21-36-40-26(22)29(4,5)23(31)11-12-32(24,8)33(34,9)17-16-30/h19,21,23,25,37,39H,10-18,20H2,1-9H3,(H,35,38)/t23-,25+,30-,31-,32+,33-,34+/m0/s1. The number of aliphatic hydroxyl groups is 2. The highest BCUT2D eigenvalue weighted by atomic mass is 16.5. The normalized spacial score (nSPS) is 44.2. The number of amides is 1. The molecule has 0 saturated heterocycles. The maximum absolute atomic E-state index is 13.5. The minimum Gasteiger partial charge on any atom is -0.386 e. The summed E-state index contributed by atoms with van der Waals surface area (Å²) in [5, 5.41) is 32.1. The van der Waals surface area contributed by atoms with Crippen molar-refractivity contribution in [3.63, 3.8) is 0 Å². The average Bonchev–Trinajstić information content (AvgIpc) is 3.34. The molecular weight excluding hydrogens is 500 g/mol. The number of carbonyl (C=O) groups excluding carboxylic acids is 1. The van der Waals surface area contributed by atoms with Crippen LogP contribution in [0.15, 0.2) is 22.4 Å². The number of allylic oxidation sites excluding steroid dienone is 1. The largest absolute Gasteiger partial charge is 0.386 e. The molecule has 3 N–H and O–H groups in total. The van der Waals surface area contributed by atoms with Crippen molar-refractivity contribution in [3.05, 3.63) is 29.2 Å². The molecule has 0 radical (unpaired) electrons. The van der Waals surface area contributed by atoms with Gasteiger partial charge in [0.2, 0.25) is 5.91 Å². The van der Waals surface area contributed by atoms with Crippen LogP contribution in [0.3, 0.4) is 0 Å². The summed E-state index contributed by atoms with van der Waals surface area (Å²) in [6, 6.07) is 0. The molecule has 5 rings (SSSR count). The summed E-state index contributed by atoms with van der Waals surface area (Å²) in [6.45, 7) is 20.7. The average molecular weight is 555 g/mol. The summed E-state index contributed by atoms with van der Waals surface area (Å²) in [5.41, 5.74) is -0.734. The lowest BCUT2D eigenvalue weighted by molar-refractivity contribution is -0.215. The summed E-state index contributed by atoms with van der Waals surface area (Å²) in [5.74, 6) is 1.44. The Morgan fingerprint density at radius 3 is 2.33 bits per heavy atom. The van der Waals surface area contributed by atoms with E-state index in [1.165, 1.54) is 5.57 Å². The number of hydrogen-bond donors (Lipinski definition) is 3. The Morgan fingerprint density at radius 1 is 1.00 bits per heavy atom. The first kappa shape index (κ1) is 29.8. The molecule has 0 bridgehead atoms. The molecule has 1 aromatic heterocycles. The van der Waals surface area contributed by atoms with Crippen LogP contribution in [0, 0.1) is 33.0 Å². The summed E-state index contributed by atoms with van der Waals surface area (Å²) in [7, 11) is 0. The molecule has 224 valence electrons. The van der Waals surface area contributed by atoms with Gasteiger partial charge in [-0.2, -0.15) is 0 Å². The third-order valence-corrected chi connectivity index (χ3v) is 13.2. The van der Waals surface area contributed by atoms with Crippen LogP contribution in [-0.2, 0) is 16.6 Å². The van der Waals surface area contributed by atoms with E-state index in [1.807, 2.05) is 13.1 Å². The number of aliphatic hydroxyl groups excluding tert-OH is 1. The van der Waals surface area contributed by atoms with Crippen LogP contribution in [0.1, 0.15) is 125 Å². The Kier molecular flexibility index (Phi) is 6.83. The van der Waals surface area contributed by atoms with Crippen molar-refractivity contribution in [2.75, 3.05) is 6.54 Å². The van der Waals surface area contributed by atoms with E-state index in [1.54, 1.807) is 0 Å². The van der Waals surface area contributed by atoms with Crippen molar-refractivity contribution >= 4 is 5.91 Å². The summed E-state index contributed by atoms with van der Waals surface area (Å²) < 4.78 is 5.81. The van der Waals surface area contributed by atoms with E-state index < -0.39 is 22.5 Å². The molecule has 4 aliphatic rings. The maximum Gasteiger partial charge on any atom is 0.225 e. The van der Waals surface area contributed by atoms with Crippen LogP contribution in [-0.4, -0.2) is 39.5 Å². The topological polar surface area (TPSA) is 95.6 Å². The molecule has 0 aromatic carbocycles. The second-order valence-electron chi connectivity index (χ2n) is 16.3. The number of rotatable bonds is 2. The Balaban J connectivity index is 1.66. The van der Waals surface area contributed by atoms with Gasteiger partial charge in [-0.3, -0.25) is 4.79 Å². The van der Waals surface area contributed by atoms with E-state index in [0.29, 0.717) is 31.7 Å². The zero-order chi connectivity index (χ0) is 29.6. The fraction of sp³-hybridized carbons (Fsp3) is 0.824. The molecule has 1 aromatic rings. The van der Waals surface area contributed by atoms with E-state index in [4.69, 9.17) is 4.52 Å². The fourth-order valence-corrected chi connectivity index (χ4v) is 10.0. The van der Waals surface area contributed by atoms with Gasteiger partial charge in [0.1, 0.15) is 17.5 Å². The third kappa shape index (κ3) is 3.94. The molecular formula is C34H54N2O4. The van der Waals surface area contributed by atoms with Crippen molar-refractivity contribution < 1.29 is 19.5 Å². The van der Waals surface area contributed by atoms with Crippen LogP contribution in [0.2, 0.25) is 0 Å². The molecule has 2 saturated carbocycles. The predicted octanol–water partition coefficient (Wildman–Crippen LogP) is 6.49.